The van der Waals surface area contributed by atoms with Gasteiger partial charge in [-0.15, -0.1) is 0 Å². The lowest BCUT2D eigenvalue weighted by Crippen LogP contribution is -2.00. The zero-order valence-corrected chi connectivity index (χ0v) is 12.0. The summed E-state index contributed by atoms with van der Waals surface area (Å²) in [6, 6.07) is 7.98. The van der Waals surface area contributed by atoms with Crippen LogP contribution in [-0.2, 0) is 9.84 Å². The Morgan fingerprint density at radius 2 is 1.90 bits per heavy atom. The van der Waals surface area contributed by atoms with E-state index < -0.39 is 15.7 Å². The van der Waals surface area contributed by atoms with Crippen LogP contribution in [0.2, 0.25) is 5.02 Å². The fourth-order valence-corrected chi connectivity index (χ4v) is 2.34. The highest BCUT2D eigenvalue weighted by Crippen LogP contribution is 2.31. The number of sulfone groups is 1. The van der Waals surface area contributed by atoms with Crippen LogP contribution in [0.25, 0.3) is 0 Å². The van der Waals surface area contributed by atoms with Gasteiger partial charge in [-0.05, 0) is 30.3 Å². The molecule has 0 unspecified atom stereocenters. The Morgan fingerprint density at radius 3 is 2.45 bits per heavy atom. The summed E-state index contributed by atoms with van der Waals surface area (Å²) >= 11 is 5.64. The minimum atomic E-state index is -3.33. The van der Waals surface area contributed by atoms with E-state index in [-0.39, 0.29) is 21.4 Å². The minimum absolute atomic E-state index is 0.0752. The Morgan fingerprint density at radius 1 is 1.20 bits per heavy atom. The maximum atomic E-state index is 13.0. The van der Waals surface area contributed by atoms with Crippen molar-refractivity contribution in [1.29, 1.82) is 0 Å². The lowest BCUT2D eigenvalue weighted by Gasteiger charge is -2.10. The Balaban J connectivity index is 2.32. The van der Waals surface area contributed by atoms with Gasteiger partial charge in [0.05, 0.1) is 15.6 Å². The number of nitrogen functional groups attached to an aromatic ring is 1. The van der Waals surface area contributed by atoms with Gasteiger partial charge in [-0.3, -0.25) is 0 Å². The Bertz CT molecular complexity index is 762. The van der Waals surface area contributed by atoms with Gasteiger partial charge in [0.2, 0.25) is 0 Å². The molecule has 2 rings (SSSR count). The zero-order valence-electron chi connectivity index (χ0n) is 10.4. The van der Waals surface area contributed by atoms with Gasteiger partial charge in [-0.25, -0.2) is 12.8 Å². The molecule has 0 atom stereocenters. The molecule has 7 heteroatoms. The highest BCUT2D eigenvalue weighted by Gasteiger charge is 2.11. The summed E-state index contributed by atoms with van der Waals surface area (Å²) in [6.07, 6.45) is 1.09. The number of anilines is 1. The normalized spacial score (nSPS) is 11.3. The SMILES string of the molecule is CS(=O)(=O)c1ccc(Oc2ccc(F)c(Cl)c2)c(N)c1. The van der Waals surface area contributed by atoms with Gasteiger partial charge in [0, 0.05) is 12.3 Å². The summed E-state index contributed by atoms with van der Waals surface area (Å²) in [5, 5.41) is -0.0752. The first-order valence-electron chi connectivity index (χ1n) is 5.50. The molecule has 0 aromatic heterocycles. The van der Waals surface area contributed by atoms with Crippen LogP contribution in [0.1, 0.15) is 0 Å². The molecule has 2 N–H and O–H groups in total. The second-order valence-corrected chi connectivity index (χ2v) is 6.57. The Hall–Kier alpha value is -1.79. The standard InChI is InChI=1S/C13H11ClFNO3S/c1-20(17,18)9-3-5-13(12(16)7-9)19-8-2-4-11(15)10(14)6-8/h2-7H,16H2,1H3. The van der Waals surface area contributed by atoms with Gasteiger partial charge in [0.25, 0.3) is 0 Å². The number of halogens is 2. The fourth-order valence-electron chi connectivity index (χ4n) is 1.52. The average Bonchev–Trinajstić information content (AvgIpc) is 2.35. The molecule has 0 saturated carbocycles. The topological polar surface area (TPSA) is 69.4 Å². The van der Waals surface area contributed by atoms with Crippen LogP contribution in [-0.4, -0.2) is 14.7 Å². The lowest BCUT2D eigenvalue weighted by molar-refractivity contribution is 0.482. The van der Waals surface area contributed by atoms with E-state index in [1.807, 2.05) is 0 Å². The van der Waals surface area contributed by atoms with Crippen molar-refractivity contribution in [1.82, 2.24) is 0 Å². The zero-order chi connectivity index (χ0) is 14.9. The van der Waals surface area contributed by atoms with Crippen LogP contribution in [0.4, 0.5) is 10.1 Å². The number of nitrogens with two attached hydrogens (primary N) is 1. The Kier molecular flexibility index (Phi) is 3.87. The summed E-state index contributed by atoms with van der Waals surface area (Å²) in [7, 11) is -3.33. The van der Waals surface area contributed by atoms with Crippen molar-refractivity contribution >= 4 is 27.1 Å². The number of hydrogen-bond donors (Lipinski definition) is 1. The number of ether oxygens (including phenoxy) is 1. The quantitative estimate of drug-likeness (QED) is 0.883. The molecular weight excluding hydrogens is 305 g/mol. The second kappa shape index (κ2) is 5.30. The molecule has 0 amide bonds. The van der Waals surface area contributed by atoms with Crippen molar-refractivity contribution in [3.8, 4) is 11.5 Å². The van der Waals surface area contributed by atoms with Crippen LogP contribution < -0.4 is 10.5 Å². The van der Waals surface area contributed by atoms with Gasteiger partial charge >= 0.3 is 0 Å². The van der Waals surface area contributed by atoms with Gasteiger partial charge < -0.3 is 10.5 Å². The van der Waals surface area contributed by atoms with Crippen molar-refractivity contribution in [3.63, 3.8) is 0 Å². The van der Waals surface area contributed by atoms with Gasteiger partial charge in [0.1, 0.15) is 17.3 Å². The molecule has 0 fully saturated rings. The van der Waals surface area contributed by atoms with Crippen molar-refractivity contribution in [3.05, 3.63) is 47.2 Å². The maximum absolute atomic E-state index is 13.0. The third-order valence-electron chi connectivity index (χ3n) is 2.53. The maximum Gasteiger partial charge on any atom is 0.175 e. The largest absolute Gasteiger partial charge is 0.455 e. The fraction of sp³-hybridized carbons (Fsp3) is 0.0769. The van der Waals surface area contributed by atoms with Crippen LogP contribution in [0.5, 0.6) is 11.5 Å². The summed E-state index contributed by atoms with van der Waals surface area (Å²) in [6.45, 7) is 0. The van der Waals surface area contributed by atoms with E-state index in [0.29, 0.717) is 5.75 Å². The molecule has 0 bridgehead atoms. The van der Waals surface area contributed by atoms with Crippen LogP contribution in [0, 0.1) is 5.82 Å². The minimum Gasteiger partial charge on any atom is -0.455 e. The van der Waals surface area contributed by atoms with Crippen molar-refractivity contribution in [2.45, 2.75) is 4.90 Å². The van der Waals surface area contributed by atoms with Crippen LogP contribution in [0.3, 0.4) is 0 Å². The van der Waals surface area contributed by atoms with E-state index in [0.717, 1.165) is 6.26 Å². The van der Waals surface area contributed by atoms with Crippen molar-refractivity contribution in [2.75, 3.05) is 12.0 Å². The van der Waals surface area contributed by atoms with E-state index in [2.05, 4.69) is 0 Å². The highest BCUT2D eigenvalue weighted by atomic mass is 35.5. The molecule has 2 aromatic rings. The predicted octanol–water partition coefficient (Wildman–Crippen LogP) is 3.26. The van der Waals surface area contributed by atoms with Gasteiger partial charge in [-0.2, -0.15) is 0 Å². The molecular formula is C13H11ClFNO3S. The molecule has 0 aliphatic heterocycles. The molecule has 20 heavy (non-hydrogen) atoms. The molecule has 0 aliphatic rings. The molecule has 2 aromatic carbocycles. The monoisotopic (exact) mass is 315 g/mol. The highest BCUT2D eigenvalue weighted by molar-refractivity contribution is 7.90. The van der Waals surface area contributed by atoms with E-state index in [4.69, 9.17) is 22.1 Å². The molecule has 0 heterocycles. The average molecular weight is 316 g/mol. The Labute approximate surface area is 120 Å². The number of hydrogen-bond acceptors (Lipinski definition) is 4. The first-order chi connectivity index (χ1) is 9.27. The summed E-state index contributed by atoms with van der Waals surface area (Å²) in [5.41, 5.74) is 5.90. The van der Waals surface area contributed by atoms with E-state index >= 15 is 0 Å². The smallest absolute Gasteiger partial charge is 0.175 e. The van der Waals surface area contributed by atoms with Gasteiger partial charge in [-0.1, -0.05) is 11.6 Å². The summed E-state index contributed by atoms with van der Waals surface area (Å²) in [4.78, 5) is 0.0967. The lowest BCUT2D eigenvalue weighted by atomic mass is 10.3. The number of rotatable bonds is 3. The van der Waals surface area contributed by atoms with Crippen LogP contribution >= 0.6 is 11.6 Å². The first kappa shape index (κ1) is 14.6. The van der Waals surface area contributed by atoms with E-state index in [9.17, 15) is 12.8 Å². The van der Waals surface area contributed by atoms with Gasteiger partial charge in [0.15, 0.2) is 9.84 Å². The molecule has 4 nitrogen and oxygen atoms in total. The van der Waals surface area contributed by atoms with E-state index in [1.165, 1.54) is 36.4 Å². The van der Waals surface area contributed by atoms with Crippen molar-refractivity contribution in [2.24, 2.45) is 0 Å². The van der Waals surface area contributed by atoms with Crippen molar-refractivity contribution < 1.29 is 17.5 Å². The number of benzene rings is 2. The predicted molar refractivity (Wildman–Crippen MR) is 75.4 cm³/mol. The molecule has 106 valence electrons. The molecule has 0 aliphatic carbocycles. The third-order valence-corrected chi connectivity index (χ3v) is 3.93. The first-order valence-corrected chi connectivity index (χ1v) is 7.77. The molecule has 0 spiro atoms. The molecule has 0 radical (unpaired) electrons. The third kappa shape index (κ3) is 3.20. The summed E-state index contributed by atoms with van der Waals surface area (Å²) in [5.74, 6) is 0.00898. The molecule has 0 saturated heterocycles. The second-order valence-electron chi connectivity index (χ2n) is 4.15. The summed E-state index contributed by atoms with van der Waals surface area (Å²) < 4.78 is 41.2. The van der Waals surface area contributed by atoms with E-state index in [1.54, 1.807) is 0 Å². The van der Waals surface area contributed by atoms with Crippen LogP contribution in [0.15, 0.2) is 41.3 Å².